The quantitative estimate of drug-likeness (QED) is 0.588. The van der Waals surface area contributed by atoms with E-state index in [2.05, 4.69) is 25.9 Å². The molecule has 3 rings (SSSR count). The van der Waals surface area contributed by atoms with E-state index in [9.17, 15) is 13.2 Å². The van der Waals surface area contributed by atoms with Crippen molar-refractivity contribution in [1.82, 2.24) is 24.3 Å². The van der Waals surface area contributed by atoms with Gasteiger partial charge in [0, 0.05) is 24.1 Å². The highest BCUT2D eigenvalue weighted by molar-refractivity contribution is 7.88. The first kappa shape index (κ1) is 21.4. The van der Waals surface area contributed by atoms with Crippen molar-refractivity contribution in [2.45, 2.75) is 13.8 Å². The first-order chi connectivity index (χ1) is 14.1. The number of nitrogens with zero attached hydrogens (tertiary/aromatic N) is 5. The Morgan fingerprint density at radius 2 is 1.73 bits per heavy atom. The average Bonchev–Trinajstić information content (AvgIpc) is 3.01. The Labute approximate surface area is 175 Å². The van der Waals surface area contributed by atoms with Crippen LogP contribution in [0.4, 0.5) is 17.2 Å². The lowest BCUT2D eigenvalue weighted by atomic mass is 10.2. The third kappa shape index (κ3) is 5.39. The zero-order valence-electron chi connectivity index (χ0n) is 17.1. The fourth-order valence-corrected chi connectivity index (χ4v) is 3.02. The number of amides is 1. The van der Waals surface area contributed by atoms with Gasteiger partial charge < -0.3 is 10.6 Å². The lowest BCUT2D eigenvalue weighted by molar-refractivity contribution is -0.116. The average molecular weight is 430 g/mol. The second-order valence-corrected chi connectivity index (χ2v) is 8.97. The fourth-order valence-electron chi connectivity index (χ4n) is 2.67. The van der Waals surface area contributed by atoms with E-state index >= 15 is 0 Å². The number of likely N-dealkylation sites (N-methyl/N-ethyl adjacent to an activating group) is 1. The Kier molecular flexibility index (Phi) is 6.13. The van der Waals surface area contributed by atoms with Gasteiger partial charge in [0.15, 0.2) is 11.6 Å². The number of aryl methyl sites for hydroxylation is 2. The number of nitrogens with one attached hydrogen (secondary N) is 2. The van der Waals surface area contributed by atoms with Crippen molar-refractivity contribution in [3.05, 3.63) is 53.9 Å². The van der Waals surface area contributed by atoms with Gasteiger partial charge in [-0.2, -0.15) is 9.40 Å². The zero-order chi connectivity index (χ0) is 21.9. The number of rotatable bonds is 7. The first-order valence-corrected chi connectivity index (χ1v) is 10.9. The number of sulfonamides is 1. The number of carbonyl (C=O) groups excluding carboxylic acids is 1. The van der Waals surface area contributed by atoms with Gasteiger partial charge >= 0.3 is 0 Å². The molecule has 0 radical (unpaired) electrons. The molecule has 0 atom stereocenters. The molecule has 158 valence electrons. The monoisotopic (exact) mass is 429 g/mol. The highest BCUT2D eigenvalue weighted by atomic mass is 32.2. The minimum Gasteiger partial charge on any atom is -0.339 e. The van der Waals surface area contributed by atoms with Crippen molar-refractivity contribution in [1.29, 1.82) is 0 Å². The molecule has 3 aromatic rings. The Morgan fingerprint density at radius 1 is 1.07 bits per heavy atom. The van der Waals surface area contributed by atoms with Gasteiger partial charge in [0.05, 0.1) is 18.5 Å². The molecular weight excluding hydrogens is 406 g/mol. The summed E-state index contributed by atoms with van der Waals surface area (Å²) in [4.78, 5) is 12.0. The van der Waals surface area contributed by atoms with Crippen LogP contribution in [-0.2, 0) is 14.8 Å². The largest absolute Gasteiger partial charge is 0.339 e. The van der Waals surface area contributed by atoms with Gasteiger partial charge in [-0.15, -0.1) is 10.2 Å². The molecule has 0 saturated carbocycles. The molecule has 10 nitrogen and oxygen atoms in total. The van der Waals surface area contributed by atoms with Gasteiger partial charge in [-0.3, -0.25) is 4.79 Å². The second kappa shape index (κ2) is 8.59. The molecular formula is C19H23N7O3S. The molecule has 0 bridgehead atoms. The fraction of sp³-hybridized carbons (Fsp3) is 0.263. The minimum atomic E-state index is -3.41. The highest BCUT2D eigenvalue weighted by Crippen LogP contribution is 2.18. The summed E-state index contributed by atoms with van der Waals surface area (Å²) in [5.41, 5.74) is 3.20. The number of carbonyl (C=O) groups is 1. The van der Waals surface area contributed by atoms with E-state index in [0.29, 0.717) is 17.3 Å². The van der Waals surface area contributed by atoms with Crippen LogP contribution in [0.25, 0.3) is 5.82 Å². The molecule has 0 saturated heterocycles. The van der Waals surface area contributed by atoms with Crippen molar-refractivity contribution in [2.75, 3.05) is 30.5 Å². The van der Waals surface area contributed by atoms with Crippen LogP contribution in [0.5, 0.6) is 0 Å². The van der Waals surface area contributed by atoms with E-state index in [-0.39, 0.29) is 6.54 Å². The molecule has 1 amide bonds. The number of aromatic nitrogens is 4. The molecule has 1 aromatic carbocycles. The van der Waals surface area contributed by atoms with Gasteiger partial charge in [-0.1, -0.05) is 0 Å². The van der Waals surface area contributed by atoms with Crippen LogP contribution < -0.4 is 10.6 Å². The summed E-state index contributed by atoms with van der Waals surface area (Å²) in [5, 5.41) is 18.5. The molecule has 2 heterocycles. The van der Waals surface area contributed by atoms with E-state index in [0.717, 1.165) is 27.6 Å². The van der Waals surface area contributed by atoms with E-state index in [1.165, 1.54) is 7.05 Å². The second-order valence-electron chi connectivity index (χ2n) is 6.89. The molecule has 0 fully saturated rings. The standard InChI is InChI=1S/C19H23N7O3S/c1-13-11-14(2)26(24-13)18-10-9-17(22-23-18)20-15-5-7-16(8-6-15)21-19(27)12-25(3)30(4,28)29/h5-11H,12H2,1-4H3,(H,20,22)(H,21,27). The maximum Gasteiger partial charge on any atom is 0.239 e. The topological polar surface area (TPSA) is 122 Å². The van der Waals surface area contributed by atoms with Gasteiger partial charge in [0.1, 0.15) is 0 Å². The molecule has 0 unspecified atom stereocenters. The zero-order valence-corrected chi connectivity index (χ0v) is 17.9. The van der Waals surface area contributed by atoms with Crippen LogP contribution in [0.15, 0.2) is 42.5 Å². The Bertz CT molecular complexity index is 1140. The Balaban J connectivity index is 1.60. The van der Waals surface area contributed by atoms with E-state index in [1.54, 1.807) is 35.0 Å². The van der Waals surface area contributed by atoms with E-state index in [1.807, 2.05) is 26.0 Å². The predicted molar refractivity (Wildman–Crippen MR) is 114 cm³/mol. The smallest absolute Gasteiger partial charge is 0.239 e. The summed E-state index contributed by atoms with van der Waals surface area (Å²) >= 11 is 0. The summed E-state index contributed by atoms with van der Waals surface area (Å²) < 4.78 is 25.5. The van der Waals surface area contributed by atoms with E-state index < -0.39 is 15.9 Å². The highest BCUT2D eigenvalue weighted by Gasteiger charge is 2.15. The van der Waals surface area contributed by atoms with Crippen LogP contribution in [-0.4, -0.2) is 58.5 Å². The molecule has 0 aliphatic heterocycles. The molecule has 2 N–H and O–H groups in total. The first-order valence-electron chi connectivity index (χ1n) is 9.07. The third-order valence-corrected chi connectivity index (χ3v) is 5.51. The van der Waals surface area contributed by atoms with Crippen LogP contribution in [0.3, 0.4) is 0 Å². The van der Waals surface area contributed by atoms with Gasteiger partial charge in [0.2, 0.25) is 15.9 Å². The molecule has 0 spiro atoms. The van der Waals surface area contributed by atoms with Crippen molar-refractivity contribution >= 4 is 33.1 Å². The molecule has 0 aliphatic carbocycles. The number of benzene rings is 1. The van der Waals surface area contributed by atoms with Crippen molar-refractivity contribution in [2.24, 2.45) is 0 Å². The maximum atomic E-state index is 12.0. The lowest BCUT2D eigenvalue weighted by Gasteiger charge is -2.14. The Hall–Kier alpha value is -3.31. The molecule has 0 aliphatic rings. The van der Waals surface area contributed by atoms with Gasteiger partial charge in [-0.05, 0) is 56.3 Å². The predicted octanol–water partition coefficient (Wildman–Crippen LogP) is 1.85. The summed E-state index contributed by atoms with van der Waals surface area (Å²) in [6.07, 6.45) is 1.05. The Morgan fingerprint density at radius 3 is 2.27 bits per heavy atom. The van der Waals surface area contributed by atoms with Crippen molar-refractivity contribution < 1.29 is 13.2 Å². The van der Waals surface area contributed by atoms with Gasteiger partial charge in [-0.25, -0.2) is 13.1 Å². The maximum absolute atomic E-state index is 12.0. The summed E-state index contributed by atoms with van der Waals surface area (Å²) in [6.45, 7) is 3.62. The lowest BCUT2D eigenvalue weighted by Crippen LogP contribution is -2.34. The number of hydrogen-bond acceptors (Lipinski definition) is 7. The van der Waals surface area contributed by atoms with Crippen LogP contribution in [0.2, 0.25) is 0 Å². The summed E-state index contributed by atoms with van der Waals surface area (Å²) in [5.74, 6) is 0.768. The minimum absolute atomic E-state index is 0.254. The van der Waals surface area contributed by atoms with Crippen LogP contribution >= 0.6 is 0 Å². The molecule has 30 heavy (non-hydrogen) atoms. The summed E-state index contributed by atoms with van der Waals surface area (Å²) in [7, 11) is -2.06. The van der Waals surface area contributed by atoms with E-state index in [4.69, 9.17) is 0 Å². The van der Waals surface area contributed by atoms with Crippen molar-refractivity contribution in [3.63, 3.8) is 0 Å². The van der Waals surface area contributed by atoms with Crippen LogP contribution in [0, 0.1) is 13.8 Å². The molecule has 2 aromatic heterocycles. The van der Waals surface area contributed by atoms with Crippen molar-refractivity contribution in [3.8, 4) is 5.82 Å². The SMILES string of the molecule is Cc1cc(C)n(-c2ccc(Nc3ccc(NC(=O)CN(C)S(C)(=O)=O)cc3)nn2)n1. The van der Waals surface area contributed by atoms with Gasteiger partial charge in [0.25, 0.3) is 0 Å². The molecule has 11 heteroatoms. The summed E-state index contributed by atoms with van der Waals surface area (Å²) in [6, 6.07) is 12.5. The number of anilines is 3. The number of hydrogen-bond donors (Lipinski definition) is 2. The normalized spacial score (nSPS) is 11.5. The third-order valence-electron chi connectivity index (χ3n) is 4.25. The van der Waals surface area contributed by atoms with Crippen LogP contribution in [0.1, 0.15) is 11.4 Å².